The molecule has 1 unspecified atom stereocenters. The number of alkyl halides is 3. The van der Waals surface area contributed by atoms with Crippen LogP contribution in [0.25, 0.3) is 0 Å². The second-order valence-electron chi connectivity index (χ2n) is 4.81. The molecule has 24 heavy (non-hydrogen) atoms. The average Bonchev–Trinajstić information content (AvgIpc) is 2.62. The van der Waals surface area contributed by atoms with Crippen molar-refractivity contribution in [2.75, 3.05) is 6.67 Å². The fourth-order valence-corrected chi connectivity index (χ4v) is 2.01. The Morgan fingerprint density at radius 2 is 1.58 bits per heavy atom. The van der Waals surface area contributed by atoms with E-state index in [9.17, 15) is 13.6 Å². The summed E-state index contributed by atoms with van der Waals surface area (Å²) in [4.78, 5) is 11.3. The average molecular weight is 349 g/mol. The van der Waals surface area contributed by atoms with Gasteiger partial charge >= 0.3 is 0 Å². The number of hydrogen-bond acceptors (Lipinski definition) is 3. The number of hydrazone groups is 1. The molecule has 0 radical (unpaired) electrons. The van der Waals surface area contributed by atoms with Crippen LogP contribution in [0, 0.1) is 0 Å². The predicted molar refractivity (Wildman–Crippen MR) is 91.5 cm³/mol. The van der Waals surface area contributed by atoms with Gasteiger partial charge in [-0.3, -0.25) is 10.2 Å². The second kappa shape index (κ2) is 8.93. The van der Waals surface area contributed by atoms with Gasteiger partial charge in [-0.25, -0.2) is 8.78 Å². The molecule has 0 saturated heterocycles. The summed E-state index contributed by atoms with van der Waals surface area (Å²) in [5.41, 5.74) is 2.27. The molecular formula is C18H15ClF2N2O. The third-order valence-corrected chi connectivity index (χ3v) is 3.30. The van der Waals surface area contributed by atoms with Crippen LogP contribution in [0.4, 0.5) is 8.78 Å². The second-order valence-corrected chi connectivity index (χ2v) is 5.19. The monoisotopic (exact) mass is 348 g/mol. The number of carbonyl (C=O) groups is 1. The summed E-state index contributed by atoms with van der Waals surface area (Å²) in [5.74, 6) is -1.03. The highest BCUT2D eigenvalue weighted by atomic mass is 35.5. The van der Waals surface area contributed by atoms with E-state index in [0.29, 0.717) is 5.71 Å². The van der Waals surface area contributed by atoms with Crippen LogP contribution in [0.1, 0.15) is 11.1 Å². The van der Waals surface area contributed by atoms with E-state index in [0.717, 1.165) is 17.2 Å². The number of ketones is 1. The molecule has 0 aliphatic rings. The molecule has 0 spiro atoms. The van der Waals surface area contributed by atoms with Crippen molar-refractivity contribution < 1.29 is 13.6 Å². The van der Waals surface area contributed by atoms with Crippen LogP contribution in [0.15, 0.2) is 77.5 Å². The molecule has 3 nitrogen and oxygen atoms in total. The summed E-state index contributed by atoms with van der Waals surface area (Å²) < 4.78 is 25.7. The van der Waals surface area contributed by atoms with Crippen molar-refractivity contribution in [2.45, 2.75) is 5.63 Å². The Morgan fingerprint density at radius 1 is 1.08 bits per heavy atom. The smallest absolute Gasteiger partial charge is 0.235 e. The lowest BCUT2D eigenvalue weighted by Gasteiger charge is -2.09. The maximum absolute atomic E-state index is 13.0. The molecule has 0 fully saturated rings. The fraction of sp³-hybridized carbons (Fsp3) is 0.111. The van der Waals surface area contributed by atoms with Gasteiger partial charge in [0, 0.05) is 17.2 Å². The van der Waals surface area contributed by atoms with Crippen molar-refractivity contribution in [3.05, 3.63) is 83.6 Å². The first-order valence-electron chi connectivity index (χ1n) is 7.15. The van der Waals surface area contributed by atoms with Crippen LogP contribution in [0.3, 0.4) is 0 Å². The molecule has 6 heteroatoms. The lowest BCUT2D eigenvalue weighted by molar-refractivity contribution is -0.116. The highest BCUT2D eigenvalue weighted by Gasteiger charge is 2.12. The van der Waals surface area contributed by atoms with Gasteiger partial charge in [0.05, 0.1) is 11.4 Å². The molecule has 0 heterocycles. The first kappa shape index (κ1) is 17.8. The van der Waals surface area contributed by atoms with E-state index in [2.05, 4.69) is 10.5 Å². The molecule has 2 aromatic rings. The number of hydrogen-bond donors (Lipinski definition) is 1. The van der Waals surface area contributed by atoms with Crippen LogP contribution in [0.2, 0.25) is 0 Å². The molecule has 2 aromatic carbocycles. The molecule has 0 aliphatic heterocycles. The first-order valence-corrected chi connectivity index (χ1v) is 7.58. The summed E-state index contributed by atoms with van der Waals surface area (Å²) in [7, 11) is 0. The van der Waals surface area contributed by atoms with Gasteiger partial charge in [0.15, 0.2) is 0 Å². The molecular weight excluding hydrogens is 334 g/mol. The molecule has 1 N–H and O–H groups in total. The number of rotatable bonds is 7. The summed E-state index contributed by atoms with van der Waals surface area (Å²) in [6.07, 6.45) is 0.773. The Morgan fingerprint density at radius 3 is 2.00 bits per heavy atom. The van der Waals surface area contributed by atoms with Crippen LogP contribution in [-0.4, -0.2) is 23.8 Å². The summed E-state index contributed by atoms with van der Waals surface area (Å²) >= 11 is 5.04. The van der Waals surface area contributed by atoms with Crippen LogP contribution in [0.5, 0.6) is 0 Å². The van der Waals surface area contributed by atoms with Crippen molar-refractivity contribution in [3.63, 3.8) is 0 Å². The number of nitrogens with one attached hydrogen (secondary N) is 1. The highest BCUT2D eigenvalue weighted by Crippen LogP contribution is 2.11. The van der Waals surface area contributed by atoms with E-state index in [1.165, 1.54) is 0 Å². The van der Waals surface area contributed by atoms with Crippen LogP contribution in [-0.2, 0) is 4.79 Å². The molecule has 0 saturated carbocycles. The number of halogens is 3. The predicted octanol–water partition coefficient (Wildman–Crippen LogP) is 3.99. The van der Waals surface area contributed by atoms with Gasteiger partial charge in [-0.2, -0.15) is 5.10 Å². The molecule has 2 rings (SSSR count). The van der Waals surface area contributed by atoms with Crippen LogP contribution >= 0.6 is 11.6 Å². The molecule has 0 bridgehead atoms. The number of benzene rings is 2. The van der Waals surface area contributed by atoms with E-state index in [-0.39, 0.29) is 5.70 Å². The SMILES string of the molecule is O=C(/C=C(/CF)NN=C(c1ccccc1)c1ccccc1)C(F)Cl. The van der Waals surface area contributed by atoms with E-state index in [1.807, 2.05) is 60.7 Å². The highest BCUT2D eigenvalue weighted by molar-refractivity contribution is 6.31. The lowest BCUT2D eigenvalue weighted by Crippen LogP contribution is -2.16. The van der Waals surface area contributed by atoms with E-state index >= 15 is 0 Å². The number of allylic oxidation sites excluding steroid dienone is 2. The van der Waals surface area contributed by atoms with Gasteiger partial charge in [-0.05, 0) is 0 Å². The van der Waals surface area contributed by atoms with Crippen molar-refractivity contribution in [3.8, 4) is 0 Å². The van der Waals surface area contributed by atoms with Gasteiger partial charge in [-0.15, -0.1) is 0 Å². The summed E-state index contributed by atoms with van der Waals surface area (Å²) in [6, 6.07) is 18.6. The molecule has 124 valence electrons. The lowest BCUT2D eigenvalue weighted by atomic mass is 10.0. The first-order chi connectivity index (χ1) is 11.6. The van der Waals surface area contributed by atoms with E-state index < -0.39 is 18.1 Å². The maximum Gasteiger partial charge on any atom is 0.235 e. The topological polar surface area (TPSA) is 41.5 Å². The molecule has 1 atom stereocenters. The van der Waals surface area contributed by atoms with Gasteiger partial charge in [0.2, 0.25) is 11.4 Å². The Labute approximate surface area is 143 Å². The van der Waals surface area contributed by atoms with Crippen molar-refractivity contribution in [1.29, 1.82) is 0 Å². The minimum Gasteiger partial charge on any atom is -0.290 e. The largest absolute Gasteiger partial charge is 0.290 e. The van der Waals surface area contributed by atoms with Gasteiger partial charge in [0.25, 0.3) is 0 Å². The maximum atomic E-state index is 13.0. The van der Waals surface area contributed by atoms with Crippen molar-refractivity contribution >= 4 is 23.1 Å². The zero-order valence-electron chi connectivity index (χ0n) is 12.6. The minimum atomic E-state index is -2.21. The van der Waals surface area contributed by atoms with Gasteiger partial charge in [0.1, 0.15) is 6.67 Å². The third-order valence-electron chi connectivity index (χ3n) is 3.08. The fourth-order valence-electron chi connectivity index (χ4n) is 1.95. The van der Waals surface area contributed by atoms with E-state index in [4.69, 9.17) is 11.6 Å². The Bertz CT molecular complexity index is 690. The molecule has 0 aromatic heterocycles. The Hall–Kier alpha value is -2.53. The van der Waals surface area contributed by atoms with Gasteiger partial charge < -0.3 is 0 Å². The Kier molecular flexibility index (Phi) is 6.63. The van der Waals surface area contributed by atoms with E-state index in [1.54, 1.807) is 0 Å². The normalized spacial score (nSPS) is 12.4. The Balaban J connectivity index is 2.34. The number of nitrogens with zero attached hydrogens (tertiary/aromatic N) is 1. The zero-order valence-corrected chi connectivity index (χ0v) is 13.4. The minimum absolute atomic E-state index is 0.173. The molecule has 0 aliphatic carbocycles. The van der Waals surface area contributed by atoms with Gasteiger partial charge in [-0.1, -0.05) is 72.3 Å². The summed E-state index contributed by atoms with van der Waals surface area (Å²) in [6.45, 7) is -1.00. The van der Waals surface area contributed by atoms with Crippen molar-refractivity contribution in [2.24, 2.45) is 5.10 Å². The zero-order chi connectivity index (χ0) is 17.4. The quantitative estimate of drug-likeness (QED) is 0.356. The van der Waals surface area contributed by atoms with Crippen molar-refractivity contribution in [1.82, 2.24) is 5.43 Å². The third kappa shape index (κ3) is 4.99. The molecule has 0 amide bonds. The van der Waals surface area contributed by atoms with Crippen LogP contribution < -0.4 is 5.43 Å². The summed E-state index contributed by atoms with van der Waals surface area (Å²) in [5, 5.41) is 4.19. The standard InChI is InChI=1S/C18H15ClF2N2O/c19-18(21)16(24)11-15(12-20)22-23-17(13-7-3-1-4-8-13)14-9-5-2-6-10-14/h1-11,18,22H,12H2/b15-11-. The number of carbonyl (C=O) groups excluding carboxylic acids is 1.